The third-order valence-corrected chi connectivity index (χ3v) is 14.0. The Hall–Kier alpha value is -4.73. The molecule has 5 rings (SSSR count). The summed E-state index contributed by atoms with van der Waals surface area (Å²) >= 11 is 12.7. The molecule has 4 N–H and O–H groups in total. The number of nitrogens with one attached hydrogen (secondary N) is 4. The summed E-state index contributed by atoms with van der Waals surface area (Å²) in [6, 6.07) is 18.5. The van der Waals surface area contributed by atoms with Gasteiger partial charge in [-0.3, -0.25) is 19.2 Å². The van der Waals surface area contributed by atoms with Crippen molar-refractivity contribution in [3.05, 3.63) is 106 Å². The molecule has 1 saturated heterocycles. The molecule has 1 aliphatic rings. The zero-order valence-corrected chi connectivity index (χ0v) is 37.7. The van der Waals surface area contributed by atoms with Crippen molar-refractivity contribution in [3.8, 4) is 11.5 Å². The van der Waals surface area contributed by atoms with Crippen molar-refractivity contribution in [1.82, 2.24) is 29.7 Å². The molecule has 2 amide bonds. The third kappa shape index (κ3) is 12.2. The summed E-state index contributed by atoms with van der Waals surface area (Å²) in [4.78, 5) is 53.5. The number of anilines is 1. The van der Waals surface area contributed by atoms with Gasteiger partial charge >= 0.3 is 27.3 Å². The highest BCUT2D eigenvalue weighted by Crippen LogP contribution is 2.50. The van der Waals surface area contributed by atoms with E-state index in [1.807, 2.05) is 0 Å². The Balaban J connectivity index is 1.45. The second-order valence-electron chi connectivity index (χ2n) is 14.6. The van der Waals surface area contributed by atoms with E-state index in [1.54, 1.807) is 87.0 Å². The Morgan fingerprint density at radius 3 is 1.84 bits per heavy atom. The summed E-state index contributed by atoms with van der Waals surface area (Å²) < 4.78 is 54.3. The second kappa shape index (κ2) is 20.9. The zero-order chi connectivity index (χ0) is 44.5. The maximum absolute atomic E-state index is 14.9. The van der Waals surface area contributed by atoms with E-state index in [9.17, 15) is 28.3 Å². The van der Waals surface area contributed by atoms with Crippen LogP contribution in [0.15, 0.2) is 85.1 Å². The molecule has 1 aromatic heterocycles. The molecule has 4 aromatic rings. The van der Waals surface area contributed by atoms with Crippen LogP contribution in [0.3, 0.4) is 0 Å². The number of methoxy groups -OCH3 is 1. The number of para-hydroxylation sites is 2. The first-order valence-corrected chi connectivity index (χ1v) is 23.3. The number of carbonyl (C=O) groups excluding carboxylic acids is 4. The lowest BCUT2D eigenvalue weighted by Crippen LogP contribution is -2.48. The maximum atomic E-state index is 14.9. The van der Waals surface area contributed by atoms with Gasteiger partial charge in [0.25, 0.3) is 11.8 Å². The van der Waals surface area contributed by atoms with Crippen LogP contribution < -0.4 is 29.9 Å². The van der Waals surface area contributed by atoms with Crippen LogP contribution in [0.1, 0.15) is 68.3 Å². The van der Waals surface area contributed by atoms with Crippen LogP contribution in [0.25, 0.3) is 0 Å². The van der Waals surface area contributed by atoms with Crippen LogP contribution in [0.4, 0.5) is 5.69 Å². The minimum atomic E-state index is -4.47. The van der Waals surface area contributed by atoms with Crippen molar-refractivity contribution in [2.75, 3.05) is 25.5 Å². The SMILES string of the molecule is COC(=O)[C@@H](NP(=O)(Oc1ccccc1)N1CCC(NC(=O)c2nn(P(=O)(N[C@@H](C)C(=O)OC(C)C)Oc3ccccc3)cc2NC(=O)c2c(Cl)cccc2Cl)CC1)C(C)C. The minimum absolute atomic E-state index is 0.0294. The van der Waals surface area contributed by atoms with Gasteiger partial charge in [0.05, 0.1) is 40.7 Å². The highest BCUT2D eigenvalue weighted by Gasteiger charge is 2.42. The number of hydrogen-bond donors (Lipinski definition) is 4. The molecule has 2 unspecified atom stereocenters. The predicted octanol–water partition coefficient (Wildman–Crippen LogP) is 7.58. The highest BCUT2D eigenvalue weighted by molar-refractivity contribution is 7.55. The summed E-state index contributed by atoms with van der Waals surface area (Å²) in [5.74, 6) is -2.76. The zero-order valence-electron chi connectivity index (χ0n) is 34.4. The van der Waals surface area contributed by atoms with Crippen LogP contribution in [-0.2, 0) is 28.2 Å². The molecule has 61 heavy (non-hydrogen) atoms. The Morgan fingerprint density at radius 1 is 0.754 bits per heavy atom. The molecule has 0 bridgehead atoms. The van der Waals surface area contributed by atoms with Gasteiger partial charge in [0.2, 0.25) is 0 Å². The maximum Gasteiger partial charge on any atom is 0.440 e. The summed E-state index contributed by atoms with van der Waals surface area (Å²) in [7, 11) is -7.17. The van der Waals surface area contributed by atoms with E-state index in [0.29, 0.717) is 5.75 Å². The molecular weight excluding hydrogens is 871 g/mol. The number of hydrogen-bond acceptors (Lipinski definition) is 11. The summed E-state index contributed by atoms with van der Waals surface area (Å²) in [6.07, 6.45) is 1.19. The Bertz CT molecular complexity index is 2260. The van der Waals surface area contributed by atoms with Gasteiger partial charge in [-0.15, -0.1) is 0 Å². The lowest BCUT2D eigenvalue weighted by molar-refractivity contribution is -0.149. The number of benzene rings is 3. The molecule has 0 saturated carbocycles. The smallest absolute Gasteiger partial charge is 0.440 e. The average molecular weight is 921 g/mol. The van der Waals surface area contributed by atoms with E-state index >= 15 is 0 Å². The van der Waals surface area contributed by atoms with E-state index in [4.69, 9.17) is 41.7 Å². The van der Waals surface area contributed by atoms with Crippen LogP contribution in [0.5, 0.6) is 11.5 Å². The van der Waals surface area contributed by atoms with Gasteiger partial charge in [-0.25, -0.2) is 24.0 Å². The molecule has 3 aromatic carbocycles. The van der Waals surface area contributed by atoms with E-state index in [2.05, 4.69) is 25.9 Å². The Kier molecular flexibility index (Phi) is 16.2. The number of ether oxygens (including phenoxy) is 2. The Morgan fingerprint density at radius 2 is 1.31 bits per heavy atom. The molecule has 0 aliphatic carbocycles. The van der Waals surface area contributed by atoms with Crippen molar-refractivity contribution in [2.45, 2.75) is 71.7 Å². The number of esters is 2. The normalized spacial score (nSPS) is 16.4. The minimum Gasteiger partial charge on any atom is -0.468 e. The first-order valence-electron chi connectivity index (χ1n) is 19.4. The van der Waals surface area contributed by atoms with Crippen LogP contribution >= 0.6 is 38.5 Å². The topological polar surface area (TPSA) is 209 Å². The van der Waals surface area contributed by atoms with Gasteiger partial charge in [0.15, 0.2) is 5.69 Å². The largest absolute Gasteiger partial charge is 0.468 e. The number of carbonyl (C=O) groups is 4. The summed E-state index contributed by atoms with van der Waals surface area (Å²) in [6.45, 7) is 8.64. The van der Waals surface area contributed by atoms with Gasteiger partial charge in [-0.2, -0.15) is 9.55 Å². The second-order valence-corrected chi connectivity index (χ2v) is 19.4. The van der Waals surface area contributed by atoms with E-state index < -0.39 is 63.3 Å². The van der Waals surface area contributed by atoms with E-state index in [0.717, 1.165) is 10.6 Å². The van der Waals surface area contributed by atoms with E-state index in [-0.39, 0.29) is 64.6 Å². The number of rotatable bonds is 18. The van der Waals surface area contributed by atoms with Crippen molar-refractivity contribution in [3.63, 3.8) is 0 Å². The van der Waals surface area contributed by atoms with Crippen molar-refractivity contribution < 1.29 is 46.8 Å². The molecule has 17 nitrogen and oxygen atoms in total. The van der Waals surface area contributed by atoms with Crippen LogP contribution in [0, 0.1) is 5.92 Å². The number of aromatic nitrogens is 2. The molecule has 21 heteroatoms. The Labute approximate surface area is 364 Å². The van der Waals surface area contributed by atoms with Crippen LogP contribution in [0.2, 0.25) is 10.0 Å². The lowest BCUT2D eigenvalue weighted by atomic mass is 10.1. The van der Waals surface area contributed by atoms with Gasteiger partial charge in [0, 0.05) is 19.1 Å². The number of nitrogens with zero attached hydrogens (tertiary/aromatic N) is 3. The van der Waals surface area contributed by atoms with Crippen molar-refractivity contribution >= 4 is 68.0 Å². The van der Waals surface area contributed by atoms with Gasteiger partial charge in [-0.05, 0) is 75.9 Å². The highest BCUT2D eigenvalue weighted by atomic mass is 35.5. The van der Waals surface area contributed by atoms with Crippen molar-refractivity contribution in [2.24, 2.45) is 5.92 Å². The molecule has 1 aliphatic heterocycles. The fourth-order valence-electron chi connectivity index (χ4n) is 6.13. The monoisotopic (exact) mass is 919 g/mol. The fraction of sp³-hybridized carbons (Fsp3) is 0.375. The molecule has 0 spiro atoms. The van der Waals surface area contributed by atoms with Gasteiger partial charge in [0.1, 0.15) is 23.6 Å². The van der Waals surface area contributed by atoms with Gasteiger partial charge < -0.3 is 29.2 Å². The van der Waals surface area contributed by atoms with Gasteiger partial charge in [-0.1, -0.05) is 79.5 Å². The molecule has 328 valence electrons. The molecule has 2 heterocycles. The van der Waals surface area contributed by atoms with Crippen LogP contribution in [-0.4, -0.2) is 82.4 Å². The quantitative estimate of drug-likeness (QED) is 0.0561. The lowest BCUT2D eigenvalue weighted by Gasteiger charge is -2.38. The number of amides is 2. The average Bonchev–Trinajstić information content (AvgIpc) is 3.65. The third-order valence-electron chi connectivity index (χ3n) is 9.23. The standard InChI is InChI=1S/C40H49Cl2N7O10P2/c1-25(2)35(40(53)56-6)47-60(54,58-29-14-9-7-10-15-29)48-22-20-28(21-23-48)43-38(51)36-33(44-37(50)34-31(41)18-13-19-32(34)42)24-49(45-36)61(55,59-30-16-11-8-12-17-30)46-27(5)39(52)57-26(3)4/h7-19,24-28,35H,20-23H2,1-6H3,(H,43,51)(H,44,50)(H,46,55)(H,47,54)/t27-,35-,60?,61?/m0/s1. The fourth-order valence-corrected chi connectivity index (χ4v) is 10.7. The molecule has 0 radical (unpaired) electrons. The van der Waals surface area contributed by atoms with Crippen molar-refractivity contribution in [1.29, 1.82) is 0 Å². The molecule has 4 atom stereocenters. The first-order chi connectivity index (χ1) is 28.9. The molecule has 1 fully saturated rings. The predicted molar refractivity (Wildman–Crippen MR) is 231 cm³/mol. The molecular formula is C40H49Cl2N7O10P2. The first kappa shape index (κ1) is 47.3. The summed E-state index contributed by atoms with van der Waals surface area (Å²) in [5.41, 5.74) is -0.654. The summed E-state index contributed by atoms with van der Waals surface area (Å²) in [5, 5.41) is 15.6. The van der Waals surface area contributed by atoms with E-state index in [1.165, 1.54) is 38.3 Å². The number of piperidine rings is 1. The number of halogens is 2.